The average Bonchev–Trinajstić information content (AvgIpc) is 3.35. The fourth-order valence-corrected chi connectivity index (χ4v) is 4.42. The lowest BCUT2D eigenvalue weighted by atomic mass is 9.86. The maximum absolute atomic E-state index is 12.8. The number of rotatable bonds is 9. The predicted octanol–water partition coefficient (Wildman–Crippen LogP) is 4.64. The van der Waals surface area contributed by atoms with E-state index >= 15 is 0 Å². The lowest BCUT2D eigenvalue weighted by molar-refractivity contribution is -0.138. The van der Waals surface area contributed by atoms with E-state index < -0.39 is 11.9 Å². The number of para-hydroxylation sites is 1. The van der Waals surface area contributed by atoms with Crippen LogP contribution in [0.15, 0.2) is 81.6 Å². The van der Waals surface area contributed by atoms with Crippen molar-refractivity contribution < 1.29 is 18.7 Å². The fourth-order valence-electron chi connectivity index (χ4n) is 3.52. The molecular formula is C25H25N3O4S. The average molecular weight is 464 g/mol. The molecule has 0 bridgehead atoms. The van der Waals surface area contributed by atoms with Gasteiger partial charge in [-0.3, -0.25) is 4.79 Å². The number of thioether (sulfide) groups is 1. The summed E-state index contributed by atoms with van der Waals surface area (Å²) in [4.78, 5) is 25.4. The van der Waals surface area contributed by atoms with Crippen LogP contribution in [0.1, 0.15) is 31.1 Å². The number of nitrogens with one attached hydrogen (secondary N) is 2. The molecular weight excluding hydrogens is 438 g/mol. The molecule has 1 atom stereocenters. The quantitative estimate of drug-likeness (QED) is 0.412. The van der Waals surface area contributed by atoms with Crippen LogP contribution in [0.2, 0.25) is 0 Å². The summed E-state index contributed by atoms with van der Waals surface area (Å²) >= 11 is 1.20. The molecule has 0 unspecified atom stereocenters. The highest BCUT2D eigenvalue weighted by atomic mass is 32.2. The number of benzene rings is 1. The van der Waals surface area contributed by atoms with Crippen molar-refractivity contribution in [2.45, 2.75) is 26.2 Å². The Morgan fingerprint density at radius 3 is 2.79 bits per heavy atom. The topological polar surface area (TPSA) is 104 Å². The molecule has 1 aliphatic rings. The Labute approximate surface area is 197 Å². The smallest absolute Gasteiger partial charge is 0.337 e. The summed E-state index contributed by atoms with van der Waals surface area (Å²) in [6.45, 7) is 7.36. The summed E-state index contributed by atoms with van der Waals surface area (Å²) in [5.41, 5.74) is 2.92. The first-order valence-electron chi connectivity index (χ1n) is 10.4. The van der Waals surface area contributed by atoms with E-state index in [1.807, 2.05) is 31.2 Å². The largest absolute Gasteiger partial charge is 0.468 e. The van der Waals surface area contributed by atoms with Gasteiger partial charge in [0.2, 0.25) is 5.91 Å². The molecule has 0 saturated heterocycles. The van der Waals surface area contributed by atoms with Gasteiger partial charge in [0, 0.05) is 11.4 Å². The molecule has 2 heterocycles. The van der Waals surface area contributed by atoms with Crippen molar-refractivity contribution in [1.82, 2.24) is 5.32 Å². The SMILES string of the molecule is C=CCOC(=O)C1=C(C)NC(SCC(=O)Nc2ccccc2CC)=C(C#N)[C@@H]1c1ccco1. The van der Waals surface area contributed by atoms with Crippen molar-refractivity contribution in [3.63, 3.8) is 0 Å². The number of allylic oxidation sites excluding steroid dienone is 2. The molecule has 1 aromatic heterocycles. The highest BCUT2D eigenvalue weighted by molar-refractivity contribution is 8.03. The number of aryl methyl sites for hydroxylation is 1. The molecule has 0 radical (unpaired) electrons. The first kappa shape index (κ1) is 24.0. The minimum atomic E-state index is -0.741. The van der Waals surface area contributed by atoms with Crippen molar-refractivity contribution in [3.05, 3.63) is 88.5 Å². The number of amides is 1. The number of esters is 1. The standard InChI is InChI=1S/C25H25N3O4S/c1-4-12-32-25(30)22-16(3)27-24(18(14-26)23(22)20-11-8-13-31-20)33-15-21(29)28-19-10-7-6-9-17(19)5-2/h4,6-11,13,23,27H,1,5,12,15H2,2-3H3,(H,28,29)/t23-/m1/s1. The van der Waals surface area contributed by atoms with Gasteiger partial charge in [0.25, 0.3) is 0 Å². The summed E-state index contributed by atoms with van der Waals surface area (Å²) in [6.07, 6.45) is 3.76. The Hall–Kier alpha value is -3.70. The molecule has 1 aliphatic heterocycles. The van der Waals surface area contributed by atoms with Crippen molar-refractivity contribution in [1.29, 1.82) is 5.26 Å². The molecule has 0 fully saturated rings. The Kier molecular flexibility index (Phi) is 8.17. The van der Waals surface area contributed by atoms with Crippen LogP contribution in [0.5, 0.6) is 0 Å². The van der Waals surface area contributed by atoms with Crippen LogP contribution in [0, 0.1) is 11.3 Å². The third-order valence-corrected chi connectivity index (χ3v) is 6.06. The Morgan fingerprint density at radius 2 is 2.12 bits per heavy atom. The number of nitrogens with zero attached hydrogens (tertiary/aromatic N) is 1. The first-order valence-corrected chi connectivity index (χ1v) is 11.4. The lowest BCUT2D eigenvalue weighted by Gasteiger charge is -2.27. The number of hydrogen-bond acceptors (Lipinski definition) is 7. The van der Waals surface area contributed by atoms with E-state index in [2.05, 4.69) is 23.3 Å². The van der Waals surface area contributed by atoms with Crippen molar-refractivity contribution in [2.75, 3.05) is 17.7 Å². The molecule has 7 nitrogen and oxygen atoms in total. The molecule has 2 aromatic rings. The second kappa shape index (κ2) is 11.2. The summed E-state index contributed by atoms with van der Waals surface area (Å²) in [6, 6.07) is 13.2. The van der Waals surface area contributed by atoms with Crippen LogP contribution in [0.4, 0.5) is 5.69 Å². The van der Waals surface area contributed by atoms with E-state index in [-0.39, 0.29) is 29.4 Å². The Balaban J connectivity index is 1.84. The molecule has 3 rings (SSSR count). The van der Waals surface area contributed by atoms with E-state index in [4.69, 9.17) is 9.15 Å². The molecule has 33 heavy (non-hydrogen) atoms. The zero-order valence-electron chi connectivity index (χ0n) is 18.5. The van der Waals surface area contributed by atoms with Crippen LogP contribution in [0.3, 0.4) is 0 Å². The molecule has 2 N–H and O–H groups in total. The molecule has 1 aromatic carbocycles. The summed E-state index contributed by atoms with van der Waals surface area (Å²) in [5.74, 6) is -0.973. The van der Waals surface area contributed by atoms with Crippen LogP contribution >= 0.6 is 11.8 Å². The number of dihydropyridines is 1. The number of ether oxygens (including phenoxy) is 1. The predicted molar refractivity (Wildman–Crippen MR) is 128 cm³/mol. The Morgan fingerprint density at radius 1 is 1.33 bits per heavy atom. The zero-order chi connectivity index (χ0) is 23.8. The minimum Gasteiger partial charge on any atom is -0.468 e. The minimum absolute atomic E-state index is 0.0487. The summed E-state index contributed by atoms with van der Waals surface area (Å²) < 4.78 is 10.8. The second-order valence-corrected chi connectivity index (χ2v) is 8.19. The Bertz CT molecular complexity index is 1140. The van der Waals surface area contributed by atoms with Gasteiger partial charge < -0.3 is 19.8 Å². The first-order chi connectivity index (χ1) is 16.0. The van der Waals surface area contributed by atoms with E-state index in [0.717, 1.165) is 17.7 Å². The third-order valence-electron chi connectivity index (χ3n) is 5.05. The van der Waals surface area contributed by atoms with Gasteiger partial charge in [0.05, 0.1) is 40.2 Å². The molecule has 0 saturated carbocycles. The van der Waals surface area contributed by atoms with Crippen LogP contribution in [0.25, 0.3) is 0 Å². The molecule has 0 spiro atoms. The van der Waals surface area contributed by atoms with Crippen LogP contribution < -0.4 is 10.6 Å². The van der Waals surface area contributed by atoms with Gasteiger partial charge in [-0.05, 0) is 37.1 Å². The highest BCUT2D eigenvalue weighted by Crippen LogP contribution is 2.41. The number of hydrogen-bond donors (Lipinski definition) is 2. The number of carbonyl (C=O) groups is 2. The molecule has 0 aliphatic carbocycles. The fraction of sp³-hybridized carbons (Fsp3) is 0.240. The number of nitriles is 1. The molecule has 170 valence electrons. The van der Waals surface area contributed by atoms with E-state index in [9.17, 15) is 14.9 Å². The van der Waals surface area contributed by atoms with Crippen molar-refractivity contribution in [2.24, 2.45) is 0 Å². The van der Waals surface area contributed by atoms with Crippen LogP contribution in [-0.4, -0.2) is 24.2 Å². The van der Waals surface area contributed by atoms with Gasteiger partial charge in [-0.1, -0.05) is 49.5 Å². The third kappa shape index (κ3) is 5.57. The van der Waals surface area contributed by atoms with Gasteiger partial charge in [0.1, 0.15) is 12.4 Å². The molecule has 1 amide bonds. The maximum atomic E-state index is 12.8. The van der Waals surface area contributed by atoms with Gasteiger partial charge >= 0.3 is 5.97 Å². The van der Waals surface area contributed by atoms with Crippen molar-refractivity contribution in [3.8, 4) is 6.07 Å². The van der Waals surface area contributed by atoms with Crippen LogP contribution in [-0.2, 0) is 20.7 Å². The highest BCUT2D eigenvalue weighted by Gasteiger charge is 2.37. The van der Waals surface area contributed by atoms with Gasteiger partial charge in [-0.25, -0.2) is 4.79 Å². The molecule has 8 heteroatoms. The number of carbonyl (C=O) groups excluding carboxylic acids is 2. The number of furan rings is 1. The van der Waals surface area contributed by atoms with Gasteiger partial charge in [-0.2, -0.15) is 5.26 Å². The number of anilines is 1. The van der Waals surface area contributed by atoms with Crippen molar-refractivity contribution >= 4 is 29.3 Å². The zero-order valence-corrected chi connectivity index (χ0v) is 19.3. The lowest BCUT2D eigenvalue weighted by Crippen LogP contribution is -2.29. The normalized spacial score (nSPS) is 15.5. The van der Waals surface area contributed by atoms with E-state index in [1.165, 1.54) is 24.1 Å². The van der Waals surface area contributed by atoms with E-state index in [1.54, 1.807) is 19.1 Å². The van der Waals surface area contributed by atoms with E-state index in [0.29, 0.717) is 16.5 Å². The summed E-state index contributed by atoms with van der Waals surface area (Å²) in [7, 11) is 0. The maximum Gasteiger partial charge on any atom is 0.337 e. The monoisotopic (exact) mass is 463 g/mol. The second-order valence-electron chi connectivity index (χ2n) is 7.20. The van der Waals surface area contributed by atoms with Gasteiger partial charge in [0.15, 0.2) is 0 Å². The van der Waals surface area contributed by atoms with Gasteiger partial charge in [-0.15, -0.1) is 0 Å². The summed E-state index contributed by atoms with van der Waals surface area (Å²) in [5, 5.41) is 16.5.